The molecule has 2 amide bonds. The Labute approximate surface area is 157 Å². The molecule has 0 atom stereocenters. The minimum absolute atomic E-state index is 0.335. The summed E-state index contributed by atoms with van der Waals surface area (Å²) in [5, 5.41) is 5.60. The molecule has 7 heteroatoms. The van der Waals surface area contributed by atoms with E-state index in [4.69, 9.17) is 9.47 Å². The first-order valence-electron chi connectivity index (χ1n) is 8.32. The maximum Gasteiger partial charge on any atom is 0.319 e. The van der Waals surface area contributed by atoms with Crippen LogP contribution in [0.25, 0.3) is 11.3 Å². The number of pyridine rings is 2. The van der Waals surface area contributed by atoms with Crippen molar-refractivity contribution in [2.45, 2.75) is 6.54 Å². The van der Waals surface area contributed by atoms with E-state index in [-0.39, 0.29) is 6.03 Å². The van der Waals surface area contributed by atoms with Crippen LogP contribution in [-0.2, 0) is 6.54 Å². The number of methoxy groups -OCH3 is 2. The molecule has 0 saturated carbocycles. The fraction of sp³-hybridized carbons (Fsp3) is 0.150. The van der Waals surface area contributed by atoms with Crippen molar-refractivity contribution in [1.29, 1.82) is 0 Å². The van der Waals surface area contributed by atoms with E-state index in [1.54, 1.807) is 43.9 Å². The summed E-state index contributed by atoms with van der Waals surface area (Å²) >= 11 is 0. The van der Waals surface area contributed by atoms with Crippen molar-refractivity contribution in [3.05, 3.63) is 66.6 Å². The van der Waals surface area contributed by atoms with E-state index in [1.807, 2.05) is 24.3 Å². The summed E-state index contributed by atoms with van der Waals surface area (Å²) in [5.74, 6) is 1.17. The lowest BCUT2D eigenvalue weighted by Gasteiger charge is -2.12. The Bertz CT molecular complexity index is 916. The first-order valence-corrected chi connectivity index (χ1v) is 8.32. The minimum Gasteiger partial charge on any atom is -0.497 e. The van der Waals surface area contributed by atoms with Gasteiger partial charge in [-0.25, -0.2) is 4.79 Å². The zero-order valence-corrected chi connectivity index (χ0v) is 15.1. The van der Waals surface area contributed by atoms with Gasteiger partial charge in [-0.05, 0) is 42.0 Å². The number of aromatic nitrogens is 2. The Balaban J connectivity index is 1.63. The van der Waals surface area contributed by atoms with E-state index < -0.39 is 0 Å². The Morgan fingerprint density at radius 1 is 1.07 bits per heavy atom. The quantitative estimate of drug-likeness (QED) is 0.699. The van der Waals surface area contributed by atoms with E-state index in [2.05, 4.69) is 20.6 Å². The highest BCUT2D eigenvalue weighted by molar-refractivity contribution is 5.91. The molecule has 0 saturated heterocycles. The average molecular weight is 364 g/mol. The second-order valence-electron chi connectivity index (χ2n) is 5.66. The SMILES string of the molecule is COc1ccc(NC(=O)NCc2ccnc(-c3cccnc3)c2)c(OC)c1. The van der Waals surface area contributed by atoms with Gasteiger partial charge in [-0.15, -0.1) is 0 Å². The lowest BCUT2D eigenvalue weighted by molar-refractivity contribution is 0.251. The number of carbonyl (C=O) groups is 1. The van der Waals surface area contributed by atoms with Crippen LogP contribution in [0.3, 0.4) is 0 Å². The highest BCUT2D eigenvalue weighted by Crippen LogP contribution is 2.28. The molecule has 0 bridgehead atoms. The molecule has 2 aromatic heterocycles. The zero-order chi connectivity index (χ0) is 19.1. The van der Waals surface area contributed by atoms with Gasteiger partial charge in [0.15, 0.2) is 0 Å². The van der Waals surface area contributed by atoms with Gasteiger partial charge in [0, 0.05) is 36.8 Å². The van der Waals surface area contributed by atoms with Gasteiger partial charge >= 0.3 is 6.03 Å². The van der Waals surface area contributed by atoms with Crippen molar-refractivity contribution in [3.8, 4) is 22.8 Å². The number of hydrogen-bond donors (Lipinski definition) is 2. The summed E-state index contributed by atoms with van der Waals surface area (Å²) in [5.41, 5.74) is 3.22. The van der Waals surface area contributed by atoms with E-state index in [9.17, 15) is 4.79 Å². The maximum absolute atomic E-state index is 12.2. The molecule has 0 radical (unpaired) electrons. The van der Waals surface area contributed by atoms with Crippen molar-refractivity contribution in [2.75, 3.05) is 19.5 Å². The molecule has 2 heterocycles. The van der Waals surface area contributed by atoms with Crippen LogP contribution in [0.15, 0.2) is 61.1 Å². The molecule has 0 aliphatic heterocycles. The number of urea groups is 1. The predicted octanol–water partition coefficient (Wildman–Crippen LogP) is 3.48. The topological polar surface area (TPSA) is 85.4 Å². The molecule has 3 rings (SSSR count). The summed E-state index contributed by atoms with van der Waals surface area (Å²) in [4.78, 5) is 20.7. The lowest BCUT2D eigenvalue weighted by Crippen LogP contribution is -2.28. The number of ether oxygens (including phenoxy) is 2. The van der Waals surface area contributed by atoms with Gasteiger partial charge in [0.05, 0.1) is 25.6 Å². The summed E-state index contributed by atoms with van der Waals surface area (Å²) in [6.07, 6.45) is 5.18. The largest absolute Gasteiger partial charge is 0.497 e. The molecule has 7 nitrogen and oxygen atoms in total. The third-order valence-corrected chi connectivity index (χ3v) is 3.89. The van der Waals surface area contributed by atoms with Gasteiger partial charge in [-0.1, -0.05) is 0 Å². The Morgan fingerprint density at radius 2 is 1.96 bits per heavy atom. The Kier molecular flexibility index (Phi) is 5.84. The zero-order valence-electron chi connectivity index (χ0n) is 15.1. The third kappa shape index (κ3) is 4.72. The molecule has 1 aromatic carbocycles. The van der Waals surface area contributed by atoms with E-state index in [1.165, 1.54) is 7.11 Å². The number of hydrogen-bond acceptors (Lipinski definition) is 5. The van der Waals surface area contributed by atoms with Crippen molar-refractivity contribution in [2.24, 2.45) is 0 Å². The fourth-order valence-corrected chi connectivity index (χ4v) is 2.51. The second kappa shape index (κ2) is 8.66. The van der Waals surface area contributed by atoms with Gasteiger partial charge < -0.3 is 20.1 Å². The summed E-state index contributed by atoms with van der Waals surface area (Å²) in [7, 11) is 3.11. The Morgan fingerprint density at radius 3 is 2.70 bits per heavy atom. The molecular formula is C20H20N4O3. The van der Waals surface area contributed by atoms with Crippen LogP contribution in [-0.4, -0.2) is 30.2 Å². The predicted molar refractivity (Wildman–Crippen MR) is 103 cm³/mol. The number of benzene rings is 1. The molecule has 27 heavy (non-hydrogen) atoms. The van der Waals surface area contributed by atoms with E-state index in [0.29, 0.717) is 23.7 Å². The number of amides is 2. The molecule has 0 fully saturated rings. The van der Waals surface area contributed by atoms with Crippen LogP contribution in [0.5, 0.6) is 11.5 Å². The highest BCUT2D eigenvalue weighted by Gasteiger charge is 2.09. The Hall–Kier alpha value is -3.61. The van der Waals surface area contributed by atoms with Gasteiger partial charge in [-0.3, -0.25) is 9.97 Å². The molecule has 0 unspecified atom stereocenters. The average Bonchev–Trinajstić information content (AvgIpc) is 2.73. The summed E-state index contributed by atoms with van der Waals surface area (Å²) in [6.45, 7) is 0.361. The summed E-state index contributed by atoms with van der Waals surface area (Å²) in [6, 6.07) is 12.4. The number of anilines is 1. The number of carbonyl (C=O) groups excluding carboxylic acids is 1. The standard InChI is InChI=1S/C20H20N4O3/c1-26-16-5-6-17(19(11-16)27-2)24-20(25)23-12-14-7-9-22-18(10-14)15-4-3-8-21-13-15/h3-11,13H,12H2,1-2H3,(H2,23,24,25). The third-order valence-electron chi connectivity index (χ3n) is 3.89. The van der Waals surface area contributed by atoms with Crippen molar-refractivity contribution in [3.63, 3.8) is 0 Å². The van der Waals surface area contributed by atoms with Crippen LogP contribution < -0.4 is 20.1 Å². The fourth-order valence-electron chi connectivity index (χ4n) is 2.51. The highest BCUT2D eigenvalue weighted by atomic mass is 16.5. The van der Waals surface area contributed by atoms with Crippen LogP contribution in [0.2, 0.25) is 0 Å². The van der Waals surface area contributed by atoms with Crippen molar-refractivity contribution < 1.29 is 14.3 Å². The number of rotatable bonds is 6. The van der Waals surface area contributed by atoms with Gasteiger partial charge in [0.25, 0.3) is 0 Å². The minimum atomic E-state index is -0.335. The van der Waals surface area contributed by atoms with E-state index >= 15 is 0 Å². The monoisotopic (exact) mass is 364 g/mol. The normalized spacial score (nSPS) is 10.1. The van der Waals surface area contributed by atoms with Gasteiger partial charge in [0.2, 0.25) is 0 Å². The second-order valence-corrected chi connectivity index (χ2v) is 5.66. The van der Waals surface area contributed by atoms with Crippen LogP contribution >= 0.6 is 0 Å². The van der Waals surface area contributed by atoms with Gasteiger partial charge in [0.1, 0.15) is 11.5 Å². The maximum atomic E-state index is 12.2. The van der Waals surface area contributed by atoms with Crippen molar-refractivity contribution >= 4 is 11.7 Å². The summed E-state index contributed by atoms with van der Waals surface area (Å²) < 4.78 is 10.4. The molecule has 0 aliphatic rings. The molecular weight excluding hydrogens is 344 g/mol. The smallest absolute Gasteiger partial charge is 0.319 e. The molecule has 0 spiro atoms. The van der Waals surface area contributed by atoms with Gasteiger partial charge in [-0.2, -0.15) is 0 Å². The molecule has 2 N–H and O–H groups in total. The van der Waals surface area contributed by atoms with E-state index in [0.717, 1.165) is 16.8 Å². The van der Waals surface area contributed by atoms with Crippen LogP contribution in [0.1, 0.15) is 5.56 Å². The molecule has 3 aromatic rings. The van der Waals surface area contributed by atoms with Crippen LogP contribution in [0.4, 0.5) is 10.5 Å². The van der Waals surface area contributed by atoms with Crippen LogP contribution in [0, 0.1) is 0 Å². The first-order chi connectivity index (χ1) is 13.2. The lowest BCUT2D eigenvalue weighted by atomic mass is 10.1. The van der Waals surface area contributed by atoms with Crippen molar-refractivity contribution in [1.82, 2.24) is 15.3 Å². The number of nitrogens with zero attached hydrogens (tertiary/aromatic N) is 2. The molecule has 0 aliphatic carbocycles. The number of nitrogens with one attached hydrogen (secondary N) is 2. The first kappa shape index (κ1) is 18.2. The molecule has 138 valence electrons.